The van der Waals surface area contributed by atoms with Crippen molar-refractivity contribution in [1.29, 1.82) is 0 Å². The molecule has 1 aromatic heterocycles. The van der Waals surface area contributed by atoms with Gasteiger partial charge in [-0.15, -0.1) is 0 Å². The van der Waals surface area contributed by atoms with Crippen LogP contribution < -0.4 is 5.01 Å². The number of anilines is 1. The Morgan fingerprint density at radius 2 is 1.62 bits per heavy atom. The Labute approximate surface area is 152 Å². The van der Waals surface area contributed by atoms with Crippen LogP contribution in [0.5, 0.6) is 0 Å². The Hall–Kier alpha value is -3.40. The van der Waals surface area contributed by atoms with Crippen molar-refractivity contribution in [3.8, 4) is 5.69 Å². The van der Waals surface area contributed by atoms with E-state index in [4.69, 9.17) is 0 Å². The van der Waals surface area contributed by atoms with Crippen LogP contribution in [0.1, 0.15) is 18.2 Å². The van der Waals surface area contributed by atoms with Crippen LogP contribution in [0.3, 0.4) is 0 Å². The Bertz CT molecular complexity index is 1030. The third-order valence-corrected chi connectivity index (χ3v) is 4.51. The van der Waals surface area contributed by atoms with Crippen molar-refractivity contribution in [2.75, 3.05) is 5.01 Å². The van der Waals surface area contributed by atoms with Gasteiger partial charge in [-0.25, -0.2) is 0 Å². The summed E-state index contributed by atoms with van der Waals surface area (Å²) in [6.07, 6.45) is 3.92. The minimum atomic E-state index is -0.105. The number of nitrogens with zero attached hydrogens (tertiary/aromatic N) is 3. The van der Waals surface area contributed by atoms with E-state index in [-0.39, 0.29) is 5.91 Å². The highest BCUT2D eigenvalue weighted by Gasteiger charge is 2.28. The number of hydrazone groups is 1. The average Bonchev–Trinajstić information content (AvgIpc) is 3.23. The largest absolute Gasteiger partial charge is 0.317 e. The molecule has 0 spiro atoms. The van der Waals surface area contributed by atoms with Gasteiger partial charge in [0.2, 0.25) is 0 Å². The van der Waals surface area contributed by atoms with Gasteiger partial charge in [-0.2, -0.15) is 10.1 Å². The maximum absolute atomic E-state index is 12.9. The number of aromatic nitrogens is 1. The molecule has 0 bridgehead atoms. The molecule has 1 aliphatic rings. The SMILES string of the molecule is CC1=NN(c2ccccc2)C(=O)/C1=C\c1cccn1-c1ccccc1C. The van der Waals surface area contributed by atoms with Gasteiger partial charge in [0.1, 0.15) is 0 Å². The van der Waals surface area contributed by atoms with E-state index in [9.17, 15) is 4.79 Å². The van der Waals surface area contributed by atoms with Crippen molar-refractivity contribution in [2.24, 2.45) is 5.10 Å². The van der Waals surface area contributed by atoms with Gasteiger partial charge in [-0.05, 0) is 55.8 Å². The van der Waals surface area contributed by atoms with E-state index in [2.05, 4.69) is 28.7 Å². The summed E-state index contributed by atoms with van der Waals surface area (Å²) in [6, 6.07) is 21.7. The van der Waals surface area contributed by atoms with Crippen LogP contribution in [0.2, 0.25) is 0 Å². The molecular weight excluding hydrogens is 322 g/mol. The monoisotopic (exact) mass is 341 g/mol. The Morgan fingerprint density at radius 3 is 2.38 bits per heavy atom. The lowest BCUT2D eigenvalue weighted by Gasteiger charge is -2.12. The number of hydrogen-bond donors (Lipinski definition) is 0. The lowest BCUT2D eigenvalue weighted by atomic mass is 10.1. The number of rotatable bonds is 3. The highest BCUT2D eigenvalue weighted by atomic mass is 16.2. The molecule has 4 rings (SSSR count). The number of aryl methyl sites for hydroxylation is 1. The number of para-hydroxylation sites is 2. The zero-order valence-electron chi connectivity index (χ0n) is 14.8. The molecule has 0 saturated heterocycles. The second-order valence-electron chi connectivity index (χ2n) is 6.29. The first-order valence-corrected chi connectivity index (χ1v) is 8.55. The first-order valence-electron chi connectivity index (χ1n) is 8.55. The Morgan fingerprint density at radius 1 is 0.885 bits per heavy atom. The second kappa shape index (κ2) is 6.48. The van der Waals surface area contributed by atoms with Crippen molar-refractivity contribution in [3.05, 3.63) is 89.8 Å². The lowest BCUT2D eigenvalue weighted by molar-refractivity contribution is -0.114. The van der Waals surface area contributed by atoms with Gasteiger partial charge in [0.15, 0.2) is 0 Å². The predicted molar refractivity (Wildman–Crippen MR) is 106 cm³/mol. The lowest BCUT2D eigenvalue weighted by Crippen LogP contribution is -2.21. The van der Waals surface area contributed by atoms with Gasteiger partial charge in [0.05, 0.1) is 17.0 Å². The van der Waals surface area contributed by atoms with Crippen LogP contribution in [0.25, 0.3) is 11.8 Å². The molecule has 4 heteroatoms. The van der Waals surface area contributed by atoms with Gasteiger partial charge in [0.25, 0.3) is 5.91 Å². The molecular formula is C22H19N3O. The molecule has 4 nitrogen and oxygen atoms in total. The zero-order valence-corrected chi connectivity index (χ0v) is 14.8. The van der Waals surface area contributed by atoms with Crippen molar-refractivity contribution < 1.29 is 4.79 Å². The smallest absolute Gasteiger partial charge is 0.280 e. The summed E-state index contributed by atoms with van der Waals surface area (Å²) in [5.74, 6) is -0.105. The van der Waals surface area contributed by atoms with Crippen LogP contribution in [-0.2, 0) is 4.79 Å². The van der Waals surface area contributed by atoms with E-state index in [1.165, 1.54) is 10.6 Å². The summed E-state index contributed by atoms with van der Waals surface area (Å²) in [5.41, 5.74) is 5.34. The first-order chi connectivity index (χ1) is 12.6. The van der Waals surface area contributed by atoms with Crippen molar-refractivity contribution in [2.45, 2.75) is 13.8 Å². The van der Waals surface area contributed by atoms with Crippen molar-refractivity contribution in [3.63, 3.8) is 0 Å². The highest BCUT2D eigenvalue weighted by molar-refractivity contribution is 6.32. The second-order valence-corrected chi connectivity index (χ2v) is 6.29. The quantitative estimate of drug-likeness (QED) is 0.642. The first kappa shape index (κ1) is 16.1. The summed E-state index contributed by atoms with van der Waals surface area (Å²) in [7, 11) is 0. The van der Waals surface area contributed by atoms with Gasteiger partial charge in [-0.3, -0.25) is 4.79 Å². The molecule has 0 saturated carbocycles. The van der Waals surface area contributed by atoms with E-state index in [1.807, 2.05) is 73.8 Å². The maximum atomic E-state index is 12.9. The van der Waals surface area contributed by atoms with Gasteiger partial charge >= 0.3 is 0 Å². The molecule has 3 aromatic rings. The topological polar surface area (TPSA) is 37.6 Å². The summed E-state index contributed by atoms with van der Waals surface area (Å²) >= 11 is 0. The van der Waals surface area contributed by atoms with E-state index in [0.29, 0.717) is 5.57 Å². The number of amides is 1. The number of carbonyl (C=O) groups is 1. The van der Waals surface area contributed by atoms with Gasteiger partial charge in [-0.1, -0.05) is 36.4 Å². The van der Waals surface area contributed by atoms with Crippen molar-refractivity contribution >= 4 is 23.4 Å². The zero-order chi connectivity index (χ0) is 18.1. The molecule has 0 aliphatic carbocycles. The molecule has 2 heterocycles. The number of benzene rings is 2. The minimum absolute atomic E-state index is 0.105. The summed E-state index contributed by atoms with van der Waals surface area (Å²) in [4.78, 5) is 12.9. The molecule has 2 aromatic carbocycles. The van der Waals surface area contributed by atoms with Gasteiger partial charge in [0, 0.05) is 17.6 Å². The molecule has 0 N–H and O–H groups in total. The minimum Gasteiger partial charge on any atom is -0.317 e. The third-order valence-electron chi connectivity index (χ3n) is 4.51. The number of hydrogen-bond acceptors (Lipinski definition) is 2. The van der Waals surface area contributed by atoms with E-state index < -0.39 is 0 Å². The van der Waals surface area contributed by atoms with Crippen LogP contribution in [-0.4, -0.2) is 16.2 Å². The number of carbonyl (C=O) groups excluding carboxylic acids is 1. The highest BCUT2D eigenvalue weighted by Crippen LogP contribution is 2.26. The molecule has 1 amide bonds. The van der Waals surface area contributed by atoms with E-state index in [0.717, 1.165) is 22.8 Å². The van der Waals surface area contributed by atoms with E-state index >= 15 is 0 Å². The van der Waals surface area contributed by atoms with E-state index in [1.54, 1.807) is 0 Å². The normalized spacial score (nSPS) is 15.6. The molecule has 0 fully saturated rings. The fraction of sp³-hybridized carbons (Fsp3) is 0.0909. The fourth-order valence-corrected chi connectivity index (χ4v) is 3.14. The Balaban J connectivity index is 1.73. The van der Waals surface area contributed by atoms with Crippen LogP contribution >= 0.6 is 0 Å². The average molecular weight is 341 g/mol. The summed E-state index contributed by atoms with van der Waals surface area (Å²) < 4.78 is 2.09. The molecule has 128 valence electrons. The predicted octanol–water partition coefficient (Wildman–Crippen LogP) is 4.59. The molecule has 0 radical (unpaired) electrons. The third kappa shape index (κ3) is 2.75. The molecule has 0 atom stereocenters. The molecule has 0 unspecified atom stereocenters. The van der Waals surface area contributed by atoms with Gasteiger partial charge < -0.3 is 4.57 Å². The van der Waals surface area contributed by atoms with Crippen LogP contribution in [0, 0.1) is 6.92 Å². The molecule has 1 aliphatic heterocycles. The van der Waals surface area contributed by atoms with Crippen LogP contribution in [0.4, 0.5) is 5.69 Å². The standard InChI is InChI=1S/C22H19N3O/c1-16-9-6-7-13-21(16)24-14-8-12-19(24)15-20-17(2)23-25(22(20)26)18-10-4-3-5-11-18/h3-15H,1-2H3/b20-15-. The van der Waals surface area contributed by atoms with Crippen molar-refractivity contribution in [1.82, 2.24) is 4.57 Å². The van der Waals surface area contributed by atoms with Crippen LogP contribution in [0.15, 0.2) is 83.6 Å². The fourth-order valence-electron chi connectivity index (χ4n) is 3.14. The summed E-state index contributed by atoms with van der Waals surface area (Å²) in [5, 5.41) is 5.91. The Kier molecular flexibility index (Phi) is 4.01. The maximum Gasteiger partial charge on any atom is 0.280 e. The molecule has 26 heavy (non-hydrogen) atoms. The summed E-state index contributed by atoms with van der Waals surface area (Å²) in [6.45, 7) is 3.95.